The van der Waals surface area contributed by atoms with E-state index in [9.17, 15) is 57.1 Å². The maximum atomic E-state index is 12.1. The molecule has 2 heterocycles. The van der Waals surface area contributed by atoms with Crippen molar-refractivity contribution in [3.63, 3.8) is 0 Å². The highest BCUT2D eigenvalue weighted by molar-refractivity contribution is 5.88. The Labute approximate surface area is 613 Å². The van der Waals surface area contributed by atoms with Crippen LogP contribution in [-0.4, -0.2) is 84.1 Å². The van der Waals surface area contributed by atoms with Crippen molar-refractivity contribution in [2.45, 2.75) is 175 Å². The Morgan fingerprint density at radius 1 is 0.410 bits per heavy atom. The van der Waals surface area contributed by atoms with Crippen molar-refractivity contribution in [1.29, 1.82) is 0 Å². The highest BCUT2D eigenvalue weighted by Crippen LogP contribution is 2.18. The van der Waals surface area contributed by atoms with Crippen molar-refractivity contribution < 1.29 is 64.4 Å². The Bertz CT molecular complexity index is 4010. The number of carboxylic acid groups (broad SMARTS) is 2. The van der Waals surface area contributed by atoms with Crippen LogP contribution in [0.5, 0.6) is 0 Å². The van der Waals surface area contributed by atoms with Crippen LogP contribution in [0.2, 0.25) is 0 Å². The van der Waals surface area contributed by atoms with Crippen molar-refractivity contribution in [1.82, 2.24) is 36.4 Å². The summed E-state index contributed by atoms with van der Waals surface area (Å²) in [5.74, 6) is -4.80. The van der Waals surface area contributed by atoms with E-state index < -0.39 is 59.2 Å². The van der Waals surface area contributed by atoms with Gasteiger partial charge in [0.2, 0.25) is 5.91 Å². The van der Waals surface area contributed by atoms with E-state index in [4.69, 9.17) is 21.6 Å². The minimum atomic E-state index is -1.34. The van der Waals surface area contributed by atoms with Crippen LogP contribution in [0.3, 0.4) is 0 Å². The zero-order valence-corrected chi connectivity index (χ0v) is 60.4. The summed E-state index contributed by atoms with van der Waals surface area (Å²) in [5.41, 5.74) is 12.5. The van der Waals surface area contributed by atoms with Gasteiger partial charge < -0.3 is 29.9 Å². The van der Waals surface area contributed by atoms with Crippen LogP contribution in [0.4, 0.5) is 4.39 Å². The van der Waals surface area contributed by atoms with Gasteiger partial charge in [0.15, 0.2) is 0 Å². The molecule has 0 radical (unpaired) electrons. The zero-order valence-electron chi connectivity index (χ0n) is 61.4. The molecule has 0 fully saturated rings. The Morgan fingerprint density at radius 2 is 0.695 bits per heavy atom. The molecule has 24 heteroatoms. The van der Waals surface area contributed by atoms with Gasteiger partial charge in [-0.1, -0.05) is 217 Å². The quantitative estimate of drug-likeness (QED) is 0.0104. The molecule has 0 spiro atoms. The third-order valence-corrected chi connectivity index (χ3v) is 16.1. The molecule has 0 bridgehead atoms. The first kappa shape index (κ1) is 86.3. The number of rotatable bonds is 33. The van der Waals surface area contributed by atoms with Crippen LogP contribution >= 0.6 is 0 Å². The van der Waals surface area contributed by atoms with Crippen molar-refractivity contribution >= 4 is 41.6 Å². The van der Waals surface area contributed by atoms with Crippen LogP contribution in [0, 0.1) is 11.8 Å². The molecule has 0 unspecified atom stereocenters. The number of carbonyl (C=O) groups excluding carboxylic acids is 5. The number of hydrogen-bond donors (Lipinski definition) is 10. The first-order chi connectivity index (χ1) is 51.1. The second-order valence-corrected chi connectivity index (χ2v) is 24.6. The van der Waals surface area contributed by atoms with E-state index in [1.807, 2.05) is 115 Å². The van der Waals surface area contributed by atoms with Crippen LogP contribution in [0.1, 0.15) is 190 Å². The normalized spacial score (nSPS) is 10.4. The number of hydrogen-bond acceptors (Lipinski definition) is 14. The van der Waals surface area contributed by atoms with E-state index >= 15 is 0 Å². The molecule has 105 heavy (non-hydrogen) atoms. The number of aromatic carboxylic acids is 1. The fourth-order valence-corrected chi connectivity index (χ4v) is 10.7. The Hall–Kier alpha value is -11.1. The number of hydroxylamine groups is 3. The Morgan fingerprint density at radius 3 is 1.00 bits per heavy atom. The number of alkyl halides is 1. The number of nitrogens with one attached hydrogen (secondary N) is 7. The summed E-state index contributed by atoms with van der Waals surface area (Å²) in [7, 11) is -1.00. The predicted octanol–water partition coefficient (Wildman–Crippen LogP) is 12.6. The van der Waals surface area contributed by atoms with E-state index in [2.05, 4.69) is 112 Å². The fraction of sp³-hybridized carbons (Fsp3) is 0.370. The smallest absolute Gasteiger partial charge is 0.379 e. The van der Waals surface area contributed by atoms with E-state index in [1.54, 1.807) is 5.48 Å². The summed E-state index contributed by atoms with van der Waals surface area (Å²) in [5, 5.41) is 25.4. The summed E-state index contributed by atoms with van der Waals surface area (Å²) in [4.78, 5) is 140. The summed E-state index contributed by atoms with van der Waals surface area (Å²) < 4.78 is 15.5. The van der Waals surface area contributed by atoms with Crippen LogP contribution < -0.4 is 38.9 Å². The minimum Gasteiger partial charge on any atom is -0.481 e. The molecule has 0 saturated carbocycles. The molecule has 10 N–H and O–H groups in total. The van der Waals surface area contributed by atoms with Gasteiger partial charge in [-0.05, 0) is 153 Å². The Kier molecular flexibility index (Phi) is 43.4. The topological polar surface area (TPSA) is 366 Å². The third kappa shape index (κ3) is 39.2. The molecule has 6 aromatic carbocycles. The fourth-order valence-electron chi connectivity index (χ4n) is 10.7. The number of H-pyrrole nitrogens is 4. The second kappa shape index (κ2) is 52.8. The summed E-state index contributed by atoms with van der Waals surface area (Å²) in [6.07, 6.45) is 20.6. The lowest BCUT2D eigenvalue weighted by molar-refractivity contribution is -0.162. The third-order valence-electron chi connectivity index (χ3n) is 16.1. The van der Waals surface area contributed by atoms with Crippen molar-refractivity contribution in [3.05, 3.63) is 279 Å². The lowest BCUT2D eigenvalue weighted by atomic mass is 9.99. The van der Waals surface area contributed by atoms with Crippen molar-refractivity contribution in [3.8, 4) is 0 Å². The highest BCUT2D eigenvalue weighted by atomic mass is 19.1. The molecule has 0 aliphatic heterocycles. The van der Waals surface area contributed by atoms with Gasteiger partial charge in [0.05, 0.1) is 39.6 Å². The number of unbranched alkanes of at least 4 members (excludes halogenated alkanes) is 3. The molecule has 0 saturated heterocycles. The monoisotopic (exact) mass is 1450 g/mol. The number of aliphatic carboxylic acids is 1. The molecule has 3 amide bonds. The molecule has 23 nitrogen and oxygen atoms in total. The number of carbonyl (C=O) groups is 7. The number of aromatic amines is 4. The van der Waals surface area contributed by atoms with Gasteiger partial charge in [-0.2, -0.15) is 11.0 Å². The van der Waals surface area contributed by atoms with Gasteiger partial charge in [-0.15, -0.1) is 0 Å². The van der Waals surface area contributed by atoms with Crippen LogP contribution in [-0.2, 0) is 91.4 Å². The van der Waals surface area contributed by atoms with Gasteiger partial charge >= 0.3 is 35.3 Å². The Balaban J connectivity index is 0.000000361. The molecule has 0 aliphatic rings. The molecule has 8 rings (SSSR count). The van der Waals surface area contributed by atoms with E-state index in [1.165, 1.54) is 39.8 Å². The number of halogens is 1. The largest absolute Gasteiger partial charge is 0.481 e. The molecule has 0 atom stereocenters. The van der Waals surface area contributed by atoms with Crippen molar-refractivity contribution in [2.75, 3.05) is 7.15 Å². The van der Waals surface area contributed by atoms with E-state index in [0.29, 0.717) is 0 Å². The van der Waals surface area contributed by atoms with Gasteiger partial charge in [0.1, 0.15) is 11.4 Å². The van der Waals surface area contributed by atoms with Gasteiger partial charge in [0.25, 0.3) is 22.9 Å². The second-order valence-electron chi connectivity index (χ2n) is 24.6. The van der Waals surface area contributed by atoms with Gasteiger partial charge in [-0.25, -0.2) is 29.5 Å². The molecule has 8 aromatic rings. The SMILES string of the molecule is CCCC(CCC)C(=O)O.CCCC(CCC)C(=O)ONC(=O)Cc1ccc(CCCCc2ccccc2)cc1.O=C(Cc1ccc(CCCCc2ccccc2)cc1)NO.O=C(Cc1ccc(CCCCc2ccccc2)cc1)NOC(=O)c1cc(=O)[nH]c(=O)[nH]1.O=C(O)c1cc(=O)[nH]c(=O)[nH]1.[2H]CF. The average Bonchev–Trinajstić information content (AvgIpc) is 0.873. The van der Waals surface area contributed by atoms with Gasteiger partial charge in [0, 0.05) is 12.1 Å². The maximum Gasteiger partial charge on any atom is 0.379 e. The number of aromatic nitrogens is 4. The number of aryl methyl sites for hydroxylation is 6. The van der Waals surface area contributed by atoms with Crippen LogP contribution in [0.25, 0.3) is 0 Å². The first-order valence-corrected chi connectivity index (χ1v) is 35.4. The first-order valence-electron chi connectivity index (χ1n) is 36.1. The number of benzene rings is 6. The molecule has 564 valence electrons. The number of carboxylic acids is 2. The maximum absolute atomic E-state index is 12.1. The molecular formula is C81H102FN7O16. The zero-order chi connectivity index (χ0) is 77.7. The summed E-state index contributed by atoms with van der Waals surface area (Å²) in [6.45, 7) is 8.13. The van der Waals surface area contributed by atoms with Crippen molar-refractivity contribution in [2.24, 2.45) is 11.8 Å². The lowest BCUT2D eigenvalue weighted by Crippen LogP contribution is -2.31. The summed E-state index contributed by atoms with van der Waals surface area (Å²) in [6, 6.07) is 57.0. The minimum absolute atomic E-state index is 0.0213. The van der Waals surface area contributed by atoms with E-state index in [0.717, 1.165) is 151 Å². The predicted molar refractivity (Wildman–Crippen MR) is 401 cm³/mol. The summed E-state index contributed by atoms with van der Waals surface area (Å²) >= 11 is 0. The van der Waals surface area contributed by atoms with Crippen LogP contribution in [0.15, 0.2) is 195 Å². The molecular weight excluding hydrogens is 1350 g/mol. The molecule has 0 aliphatic carbocycles. The standard InChI is InChI=1S/C26H35NO3.C23H23N3O5.C18H21NO2.C8H16O2.C5H4N2O4.CH3F/c1-3-10-24(11-4-2)26(29)30-27-25(28)20-23-18-16-22(17-19-23)15-9-8-14-21-12-6-5-7-13-21;27-20-15-19(24-23(30)25-20)22(29)31-26-21(28)14-18-12-10-17(11-13-18)9-5-4-8-16-6-2-1-3-7-16;20-18(19-21)14-17-12-10-16(11-13-17)9-5-4-8-15-6-2-1-3-7-15;1-3-5-7(6-4-2)8(9)10;8-3-1-2(4(9)10)6-5(11)7-3;1-2/h5-7,12-13,16-19,24H,3-4,8-11,14-15,20H2,1-2H3,(H,27,28);1-3,6-7,10-13,15H,4-5,8-9,14H2,(H,26,28)(H2,24,25,27,30);1-3,6-7,10-13,21H,4-5,8-9,14H2,(H,19,20);7H,3-6H2,1-2H3,(H,9,10);1H,(H,9,10)(H2,6,7,8,11);1H3/i;;;;;1D. The lowest BCUT2D eigenvalue weighted by Gasteiger charge is -2.14. The number of amides is 3. The van der Waals surface area contributed by atoms with Gasteiger partial charge in [-0.3, -0.25) is 48.3 Å². The molecule has 2 aromatic heterocycles. The highest BCUT2D eigenvalue weighted by Gasteiger charge is 2.20. The average molecular weight is 1450 g/mol. The van der Waals surface area contributed by atoms with E-state index in [-0.39, 0.29) is 54.6 Å².